The molecule has 0 aliphatic carbocycles. The van der Waals surface area contributed by atoms with Gasteiger partial charge in [0, 0.05) is 36.4 Å². The second kappa shape index (κ2) is 8.49. The van der Waals surface area contributed by atoms with Gasteiger partial charge in [0.1, 0.15) is 18.7 Å². The van der Waals surface area contributed by atoms with E-state index in [0.717, 1.165) is 11.3 Å². The van der Waals surface area contributed by atoms with Gasteiger partial charge in [-0.15, -0.1) is 0 Å². The molecule has 0 bridgehead atoms. The minimum absolute atomic E-state index is 0.0125. The zero-order valence-corrected chi connectivity index (χ0v) is 17.2. The van der Waals surface area contributed by atoms with E-state index in [2.05, 4.69) is 14.7 Å². The Labute approximate surface area is 186 Å². The Morgan fingerprint density at radius 3 is 2.67 bits per heavy atom. The van der Waals surface area contributed by atoms with Crippen LogP contribution in [0.1, 0.15) is 12.8 Å². The summed E-state index contributed by atoms with van der Waals surface area (Å²) in [6.45, 7) is 0.542. The maximum Gasteiger partial charge on any atom is 0.414 e. The fraction of sp³-hybridized carbons (Fsp3) is 0.273. The number of pyridine rings is 1. The van der Waals surface area contributed by atoms with Gasteiger partial charge in [-0.25, -0.2) is 18.6 Å². The Hall–Kier alpha value is -4.02. The topological polar surface area (TPSA) is 98.0 Å². The van der Waals surface area contributed by atoms with Crippen molar-refractivity contribution in [1.82, 2.24) is 10.1 Å². The molecule has 1 aromatic carbocycles. The molecule has 1 atom stereocenters. The van der Waals surface area contributed by atoms with E-state index in [4.69, 9.17) is 9.47 Å². The molecule has 0 saturated carbocycles. The van der Waals surface area contributed by atoms with Crippen LogP contribution >= 0.6 is 0 Å². The Kier molecular flexibility index (Phi) is 5.37. The highest BCUT2D eigenvalue weighted by Gasteiger charge is 2.35. The summed E-state index contributed by atoms with van der Waals surface area (Å²) in [5.74, 6) is -1.62. The van der Waals surface area contributed by atoms with Crippen LogP contribution in [0.3, 0.4) is 0 Å². The summed E-state index contributed by atoms with van der Waals surface area (Å²) in [4.78, 5) is 30.9. The van der Waals surface area contributed by atoms with Gasteiger partial charge >= 0.3 is 6.09 Å². The molecule has 3 aromatic rings. The third-order valence-corrected chi connectivity index (χ3v) is 5.47. The van der Waals surface area contributed by atoms with E-state index in [1.165, 1.54) is 30.7 Å². The number of amides is 2. The number of hydrogen-bond donors (Lipinski definition) is 0. The lowest BCUT2D eigenvalue weighted by atomic mass is 10.1. The molecule has 2 saturated heterocycles. The molecule has 0 radical (unpaired) electrons. The highest BCUT2D eigenvalue weighted by atomic mass is 19.2. The molecule has 2 aromatic heterocycles. The van der Waals surface area contributed by atoms with Crippen LogP contribution in [-0.2, 0) is 9.53 Å². The van der Waals surface area contributed by atoms with Gasteiger partial charge in [-0.05, 0) is 35.8 Å². The summed E-state index contributed by atoms with van der Waals surface area (Å²) in [6, 6.07) is 7.35. The monoisotopic (exact) mass is 456 g/mol. The van der Waals surface area contributed by atoms with E-state index in [1.54, 1.807) is 17.0 Å². The number of halogens is 2. The van der Waals surface area contributed by atoms with Crippen molar-refractivity contribution in [1.29, 1.82) is 0 Å². The van der Waals surface area contributed by atoms with Crippen molar-refractivity contribution in [2.45, 2.75) is 18.9 Å². The summed E-state index contributed by atoms with van der Waals surface area (Å²) < 4.78 is 45.0. The van der Waals surface area contributed by atoms with Crippen LogP contribution in [0.5, 0.6) is 5.88 Å². The fourth-order valence-corrected chi connectivity index (χ4v) is 3.83. The lowest BCUT2D eigenvalue weighted by Gasteiger charge is -2.17. The number of aromatic nitrogens is 2. The quantitative estimate of drug-likeness (QED) is 0.560. The van der Waals surface area contributed by atoms with E-state index >= 15 is 0 Å². The molecule has 11 heteroatoms. The Balaban J connectivity index is 1.32. The lowest BCUT2D eigenvalue weighted by Crippen LogP contribution is -2.27. The highest BCUT2D eigenvalue weighted by molar-refractivity contribution is 5.94. The zero-order valence-electron chi connectivity index (χ0n) is 17.2. The first-order valence-electron chi connectivity index (χ1n) is 10.3. The second-order valence-electron chi connectivity index (χ2n) is 7.58. The van der Waals surface area contributed by atoms with E-state index in [1.807, 2.05) is 0 Å². The van der Waals surface area contributed by atoms with E-state index < -0.39 is 23.8 Å². The molecule has 2 fully saturated rings. The standard InChI is InChI=1S/C22H18F2N4O5/c23-20-15(13-3-6-17(25-10-13)27-8-1-2-19(27)29)4-5-16(21(20)24)28-11-14(33-22(28)30)12-31-18-7-9-32-26-18/h3-7,9-10,14H,1-2,8,11-12H2/t14-/m1/s1. The average molecular weight is 456 g/mol. The van der Waals surface area contributed by atoms with Crippen LogP contribution in [0.15, 0.2) is 47.3 Å². The van der Waals surface area contributed by atoms with Gasteiger partial charge in [0.2, 0.25) is 5.91 Å². The first kappa shape index (κ1) is 20.9. The van der Waals surface area contributed by atoms with E-state index in [-0.39, 0.29) is 36.2 Å². The molecule has 2 amide bonds. The number of ether oxygens (including phenoxy) is 2. The predicted octanol–water partition coefficient (Wildman–Crippen LogP) is 3.55. The molecular formula is C22H18F2N4O5. The van der Waals surface area contributed by atoms with E-state index in [9.17, 15) is 18.4 Å². The van der Waals surface area contributed by atoms with Crippen molar-refractivity contribution in [2.75, 3.05) is 29.5 Å². The van der Waals surface area contributed by atoms with Crippen LogP contribution in [-0.4, -0.2) is 47.9 Å². The van der Waals surface area contributed by atoms with Gasteiger partial charge in [0.15, 0.2) is 17.7 Å². The van der Waals surface area contributed by atoms with Crippen molar-refractivity contribution >= 4 is 23.5 Å². The molecule has 0 N–H and O–H groups in total. The molecule has 33 heavy (non-hydrogen) atoms. The number of carbonyl (C=O) groups excluding carboxylic acids is 2. The molecule has 2 aliphatic heterocycles. The number of carbonyl (C=O) groups is 2. The van der Waals surface area contributed by atoms with E-state index in [0.29, 0.717) is 24.3 Å². The van der Waals surface area contributed by atoms with Crippen LogP contribution in [0.25, 0.3) is 11.1 Å². The SMILES string of the molecule is O=C1CCCN1c1ccc(-c2ccc(N3C[C@H](COc4ccon4)OC3=O)c(F)c2F)cn1. The minimum atomic E-state index is -1.18. The summed E-state index contributed by atoms with van der Waals surface area (Å²) in [5, 5.41) is 3.58. The molecule has 0 spiro atoms. The number of hydrogen-bond acceptors (Lipinski definition) is 7. The van der Waals surface area contributed by atoms with Gasteiger partial charge in [0.05, 0.1) is 12.2 Å². The molecule has 2 aliphatic rings. The normalized spacial score (nSPS) is 18.2. The van der Waals surface area contributed by atoms with Crippen molar-refractivity contribution < 1.29 is 32.4 Å². The van der Waals surface area contributed by atoms with Gasteiger partial charge < -0.3 is 14.0 Å². The van der Waals surface area contributed by atoms with Crippen LogP contribution in [0.2, 0.25) is 0 Å². The number of anilines is 2. The largest absolute Gasteiger partial charge is 0.471 e. The second-order valence-corrected chi connectivity index (χ2v) is 7.58. The van der Waals surface area contributed by atoms with Crippen molar-refractivity contribution in [2.24, 2.45) is 0 Å². The third-order valence-electron chi connectivity index (χ3n) is 5.47. The van der Waals surface area contributed by atoms with Crippen LogP contribution in [0.4, 0.5) is 25.1 Å². The number of cyclic esters (lactones) is 1. The number of nitrogens with zero attached hydrogens (tertiary/aromatic N) is 4. The van der Waals surface area contributed by atoms with Crippen molar-refractivity contribution in [3.63, 3.8) is 0 Å². The summed E-state index contributed by atoms with van der Waals surface area (Å²) in [6.07, 6.45) is 2.45. The smallest absolute Gasteiger partial charge is 0.414 e. The molecule has 4 heterocycles. The minimum Gasteiger partial charge on any atom is -0.471 e. The van der Waals surface area contributed by atoms with Gasteiger partial charge in [-0.3, -0.25) is 14.6 Å². The maximum absolute atomic E-state index is 14.9. The van der Waals surface area contributed by atoms with Gasteiger partial charge in [-0.1, -0.05) is 0 Å². The number of rotatable bonds is 6. The number of benzene rings is 1. The predicted molar refractivity (Wildman–Crippen MR) is 111 cm³/mol. The molecular weight excluding hydrogens is 438 g/mol. The van der Waals surface area contributed by atoms with Gasteiger partial charge in [-0.2, -0.15) is 0 Å². The Morgan fingerprint density at radius 2 is 1.97 bits per heavy atom. The average Bonchev–Trinajstić information content (AvgIpc) is 3.56. The first-order valence-corrected chi connectivity index (χ1v) is 10.3. The fourth-order valence-electron chi connectivity index (χ4n) is 3.83. The Morgan fingerprint density at radius 1 is 1.09 bits per heavy atom. The van der Waals surface area contributed by atoms with Crippen LogP contribution < -0.4 is 14.5 Å². The zero-order chi connectivity index (χ0) is 22.9. The Bertz CT molecular complexity index is 1190. The summed E-state index contributed by atoms with van der Waals surface area (Å²) in [5.41, 5.74) is 0.0928. The molecule has 170 valence electrons. The van der Waals surface area contributed by atoms with Crippen LogP contribution in [0, 0.1) is 11.6 Å². The molecule has 5 rings (SSSR count). The first-order chi connectivity index (χ1) is 16.0. The molecule has 0 unspecified atom stereocenters. The lowest BCUT2D eigenvalue weighted by molar-refractivity contribution is -0.117. The summed E-state index contributed by atoms with van der Waals surface area (Å²) >= 11 is 0. The molecule has 9 nitrogen and oxygen atoms in total. The third kappa shape index (κ3) is 3.97. The summed E-state index contributed by atoms with van der Waals surface area (Å²) in [7, 11) is 0. The highest BCUT2D eigenvalue weighted by Crippen LogP contribution is 2.33. The van der Waals surface area contributed by atoms with Gasteiger partial charge in [0.25, 0.3) is 5.88 Å². The van der Waals surface area contributed by atoms with Crippen molar-refractivity contribution in [3.8, 4) is 17.0 Å². The van der Waals surface area contributed by atoms with Crippen molar-refractivity contribution in [3.05, 3.63) is 54.4 Å². The maximum atomic E-state index is 14.9.